The van der Waals surface area contributed by atoms with Crippen LogP contribution < -0.4 is 5.73 Å². The van der Waals surface area contributed by atoms with E-state index < -0.39 is 12.1 Å². The second-order valence-corrected chi connectivity index (χ2v) is 4.47. The molecule has 0 saturated carbocycles. The van der Waals surface area contributed by atoms with E-state index in [1.54, 1.807) is 25.1 Å². The summed E-state index contributed by atoms with van der Waals surface area (Å²) < 4.78 is 5.09. The minimum absolute atomic E-state index is 0.0579. The average molecular weight is 264 g/mol. The van der Waals surface area contributed by atoms with Crippen LogP contribution in [-0.2, 0) is 9.53 Å². The lowest BCUT2D eigenvalue weighted by Gasteiger charge is -2.31. The fourth-order valence-electron chi connectivity index (χ4n) is 2.04. The molecule has 1 aromatic carbocycles. The van der Waals surface area contributed by atoms with E-state index in [4.69, 9.17) is 15.6 Å². The molecule has 1 aromatic rings. The highest BCUT2D eigenvalue weighted by molar-refractivity contribution is 5.97. The second-order valence-electron chi connectivity index (χ2n) is 4.47. The zero-order valence-corrected chi connectivity index (χ0v) is 10.6. The van der Waals surface area contributed by atoms with Crippen LogP contribution in [0, 0.1) is 6.92 Å². The maximum absolute atomic E-state index is 12.4. The zero-order chi connectivity index (χ0) is 14.0. The van der Waals surface area contributed by atoms with Crippen molar-refractivity contribution in [3.63, 3.8) is 0 Å². The summed E-state index contributed by atoms with van der Waals surface area (Å²) in [5.41, 5.74) is 7.54. The van der Waals surface area contributed by atoms with Crippen molar-refractivity contribution in [1.82, 2.24) is 4.90 Å². The Balaban J connectivity index is 2.19. The van der Waals surface area contributed by atoms with Gasteiger partial charge in [-0.2, -0.15) is 0 Å². The zero-order valence-electron chi connectivity index (χ0n) is 10.6. The number of benzene rings is 1. The average Bonchev–Trinajstić information content (AvgIpc) is 2.41. The molecule has 1 aliphatic rings. The van der Waals surface area contributed by atoms with E-state index in [-0.39, 0.29) is 19.1 Å². The number of rotatable bonds is 2. The molecule has 0 aromatic heterocycles. The van der Waals surface area contributed by atoms with Gasteiger partial charge >= 0.3 is 5.97 Å². The third kappa shape index (κ3) is 2.68. The summed E-state index contributed by atoms with van der Waals surface area (Å²) in [5, 5.41) is 8.92. The molecule has 19 heavy (non-hydrogen) atoms. The molecule has 0 spiro atoms. The van der Waals surface area contributed by atoms with E-state index >= 15 is 0 Å². The first-order valence-electron chi connectivity index (χ1n) is 5.99. The predicted octanol–water partition coefficient (Wildman–Crippen LogP) is 0.503. The molecule has 0 aliphatic carbocycles. The predicted molar refractivity (Wildman–Crippen MR) is 68.9 cm³/mol. The lowest BCUT2D eigenvalue weighted by Crippen LogP contribution is -2.48. The highest BCUT2D eigenvalue weighted by Crippen LogP contribution is 2.18. The van der Waals surface area contributed by atoms with Crippen molar-refractivity contribution in [3.05, 3.63) is 29.3 Å². The van der Waals surface area contributed by atoms with Crippen molar-refractivity contribution in [1.29, 1.82) is 0 Å². The summed E-state index contributed by atoms with van der Waals surface area (Å²) in [6.07, 6.45) is -0.959. The van der Waals surface area contributed by atoms with Crippen LogP contribution in [0.4, 0.5) is 5.69 Å². The van der Waals surface area contributed by atoms with E-state index in [2.05, 4.69) is 0 Å². The number of anilines is 1. The van der Waals surface area contributed by atoms with Crippen molar-refractivity contribution in [3.8, 4) is 0 Å². The normalized spacial score (nSPS) is 19.2. The Morgan fingerprint density at radius 3 is 2.89 bits per heavy atom. The largest absolute Gasteiger partial charge is 0.479 e. The topological polar surface area (TPSA) is 92.9 Å². The van der Waals surface area contributed by atoms with Crippen molar-refractivity contribution in [2.24, 2.45) is 0 Å². The maximum atomic E-state index is 12.4. The van der Waals surface area contributed by atoms with Gasteiger partial charge in [0.1, 0.15) is 0 Å². The van der Waals surface area contributed by atoms with Gasteiger partial charge in [-0.3, -0.25) is 4.79 Å². The number of nitrogens with zero attached hydrogens (tertiary/aromatic N) is 1. The van der Waals surface area contributed by atoms with Crippen LogP contribution >= 0.6 is 0 Å². The van der Waals surface area contributed by atoms with E-state index in [1.807, 2.05) is 0 Å². The quantitative estimate of drug-likeness (QED) is 0.759. The first-order valence-corrected chi connectivity index (χ1v) is 5.99. The van der Waals surface area contributed by atoms with Crippen molar-refractivity contribution < 1.29 is 19.4 Å². The van der Waals surface area contributed by atoms with E-state index in [1.165, 1.54) is 4.90 Å². The SMILES string of the molecule is Cc1c(N)cccc1C(=O)N1CCOC(C(=O)O)C1. The molecule has 102 valence electrons. The molecule has 1 amide bonds. The van der Waals surface area contributed by atoms with Crippen molar-refractivity contribution in [2.45, 2.75) is 13.0 Å². The number of aliphatic carboxylic acids is 1. The number of carbonyl (C=O) groups is 2. The summed E-state index contributed by atoms with van der Waals surface area (Å²) >= 11 is 0. The van der Waals surface area contributed by atoms with Crippen LogP contribution in [-0.4, -0.2) is 47.7 Å². The number of ether oxygens (including phenoxy) is 1. The second kappa shape index (κ2) is 5.27. The Bertz CT molecular complexity index is 515. The number of carboxylic acids is 1. The Kier molecular flexibility index (Phi) is 3.71. The van der Waals surface area contributed by atoms with Crippen LogP contribution in [0.1, 0.15) is 15.9 Å². The first-order chi connectivity index (χ1) is 9.00. The molecule has 6 nitrogen and oxygen atoms in total. The molecule has 1 saturated heterocycles. The number of amides is 1. The molecule has 3 N–H and O–H groups in total. The Labute approximate surface area is 110 Å². The smallest absolute Gasteiger partial charge is 0.334 e. The summed E-state index contributed by atoms with van der Waals surface area (Å²) in [6.45, 7) is 2.45. The summed E-state index contributed by atoms with van der Waals surface area (Å²) in [4.78, 5) is 24.8. The molecular formula is C13H16N2O4. The highest BCUT2D eigenvalue weighted by atomic mass is 16.5. The molecular weight excluding hydrogens is 248 g/mol. The van der Waals surface area contributed by atoms with Crippen LogP contribution in [0.2, 0.25) is 0 Å². The molecule has 0 bridgehead atoms. The fourth-order valence-corrected chi connectivity index (χ4v) is 2.04. The molecule has 1 atom stereocenters. The minimum atomic E-state index is -1.05. The minimum Gasteiger partial charge on any atom is -0.479 e. The Hall–Kier alpha value is -2.08. The number of nitrogens with two attached hydrogens (primary N) is 1. The number of hydrogen-bond acceptors (Lipinski definition) is 4. The number of morpholine rings is 1. The summed E-state index contributed by atoms with van der Waals surface area (Å²) in [7, 11) is 0. The molecule has 1 heterocycles. The number of nitrogen functional groups attached to an aromatic ring is 1. The van der Waals surface area contributed by atoms with Gasteiger partial charge in [-0.05, 0) is 24.6 Å². The standard InChI is InChI=1S/C13H16N2O4/c1-8-9(3-2-4-10(8)14)12(16)15-5-6-19-11(7-15)13(17)18/h2-4,11H,5-7,14H2,1H3,(H,17,18). The van der Waals surface area contributed by atoms with E-state index in [9.17, 15) is 9.59 Å². The van der Waals surface area contributed by atoms with Gasteiger partial charge < -0.3 is 20.5 Å². The summed E-state index contributed by atoms with van der Waals surface area (Å²) in [5.74, 6) is -1.26. The molecule has 1 unspecified atom stereocenters. The molecule has 0 radical (unpaired) electrons. The summed E-state index contributed by atoms with van der Waals surface area (Å²) in [6, 6.07) is 5.13. The Morgan fingerprint density at radius 1 is 1.47 bits per heavy atom. The molecule has 2 rings (SSSR count). The van der Waals surface area contributed by atoms with Gasteiger partial charge in [0.15, 0.2) is 6.10 Å². The monoisotopic (exact) mass is 264 g/mol. The van der Waals surface area contributed by atoms with Gasteiger partial charge in [0.2, 0.25) is 0 Å². The van der Waals surface area contributed by atoms with Gasteiger partial charge in [-0.1, -0.05) is 6.07 Å². The van der Waals surface area contributed by atoms with E-state index in [0.717, 1.165) is 0 Å². The van der Waals surface area contributed by atoms with Gasteiger partial charge in [0, 0.05) is 17.8 Å². The fraction of sp³-hybridized carbons (Fsp3) is 0.385. The van der Waals surface area contributed by atoms with Gasteiger partial charge in [-0.25, -0.2) is 4.79 Å². The van der Waals surface area contributed by atoms with Gasteiger partial charge in [-0.15, -0.1) is 0 Å². The lowest BCUT2D eigenvalue weighted by molar-refractivity contribution is -0.154. The van der Waals surface area contributed by atoms with E-state index in [0.29, 0.717) is 23.4 Å². The van der Waals surface area contributed by atoms with Gasteiger partial charge in [0.05, 0.1) is 13.2 Å². The Morgan fingerprint density at radius 2 is 2.21 bits per heavy atom. The van der Waals surface area contributed by atoms with Crippen LogP contribution in [0.15, 0.2) is 18.2 Å². The number of hydrogen-bond donors (Lipinski definition) is 2. The molecule has 6 heteroatoms. The maximum Gasteiger partial charge on any atom is 0.334 e. The molecule has 1 aliphatic heterocycles. The van der Waals surface area contributed by atoms with Gasteiger partial charge in [0.25, 0.3) is 5.91 Å². The van der Waals surface area contributed by atoms with Crippen molar-refractivity contribution >= 4 is 17.6 Å². The third-order valence-electron chi connectivity index (χ3n) is 3.24. The lowest BCUT2D eigenvalue weighted by atomic mass is 10.1. The van der Waals surface area contributed by atoms with Crippen LogP contribution in [0.5, 0.6) is 0 Å². The first kappa shape index (κ1) is 13.4. The highest BCUT2D eigenvalue weighted by Gasteiger charge is 2.30. The third-order valence-corrected chi connectivity index (χ3v) is 3.24. The van der Waals surface area contributed by atoms with Crippen LogP contribution in [0.3, 0.4) is 0 Å². The molecule has 1 fully saturated rings. The number of carboxylic acid groups (broad SMARTS) is 1. The van der Waals surface area contributed by atoms with Crippen LogP contribution in [0.25, 0.3) is 0 Å². The number of carbonyl (C=O) groups excluding carboxylic acids is 1. The van der Waals surface area contributed by atoms with Crippen molar-refractivity contribution in [2.75, 3.05) is 25.4 Å².